The highest BCUT2D eigenvalue weighted by molar-refractivity contribution is 7.93. The molecule has 8 aromatic rings. The number of rotatable bonds is 17. The van der Waals surface area contributed by atoms with Gasteiger partial charge in [0.1, 0.15) is 12.1 Å². The molecule has 8 aromatic carbocycles. The number of hydrogen-bond acceptors (Lipinski definition) is 11. The van der Waals surface area contributed by atoms with Crippen LogP contribution in [0.3, 0.4) is 0 Å². The summed E-state index contributed by atoms with van der Waals surface area (Å²) in [5.41, 5.74) is 5.06. The first-order chi connectivity index (χ1) is 35.9. The van der Waals surface area contributed by atoms with Crippen molar-refractivity contribution in [1.82, 2.24) is 0 Å². The minimum absolute atomic E-state index is 0.0272. The van der Waals surface area contributed by atoms with E-state index in [1.807, 2.05) is 27.7 Å². The highest BCUT2D eigenvalue weighted by atomic mass is 32.2. The molecule has 0 spiro atoms. The number of fused-ring (bicyclic) bond motifs is 2. The molecule has 1 N–H and O–H groups in total. The fourth-order valence-corrected chi connectivity index (χ4v) is 14.6. The van der Waals surface area contributed by atoms with Gasteiger partial charge in [0.05, 0.1) is 49.1 Å². The Bertz CT molecular complexity index is 3910. The van der Waals surface area contributed by atoms with Crippen LogP contribution in [0.2, 0.25) is 0 Å². The molecule has 0 aliphatic rings. The lowest BCUT2D eigenvalue weighted by Crippen LogP contribution is -2.44. The first-order valence-corrected chi connectivity index (χ1v) is 30.3. The number of anilines is 2. The number of aryl methyl sites for hydroxylation is 4. The Balaban J connectivity index is 0.000000221. The van der Waals surface area contributed by atoms with Crippen molar-refractivity contribution in [2.75, 3.05) is 15.2 Å². The molecule has 18 heteroatoms. The van der Waals surface area contributed by atoms with E-state index in [1.165, 1.54) is 44.2 Å². The predicted molar refractivity (Wildman–Crippen MR) is 297 cm³/mol. The zero-order valence-corrected chi connectivity index (χ0v) is 46.2. The van der Waals surface area contributed by atoms with Gasteiger partial charge in [-0.05, 0) is 131 Å². The van der Waals surface area contributed by atoms with Gasteiger partial charge < -0.3 is 9.84 Å². The third-order valence-corrected chi connectivity index (χ3v) is 19.9. The summed E-state index contributed by atoms with van der Waals surface area (Å²) in [6, 6.07) is 43.2. The number of carboxylic acid groups (broad SMARTS) is 1. The van der Waals surface area contributed by atoms with Crippen molar-refractivity contribution in [3.63, 3.8) is 0 Å². The molecule has 0 heterocycles. The van der Waals surface area contributed by atoms with Gasteiger partial charge in [-0.3, -0.25) is 8.61 Å². The second-order valence-corrected chi connectivity index (χ2v) is 26.0. The standard InChI is InChI=1S/C30H31NO6S2.C28H27NO6S2/c1-5-37-30(32)23(4)31(39(35,36)26-17-12-22(3)13-18-26)29-19-14-24(27-8-6-7-9-28(27)29)20-38(33,34)25-15-10-21(2)11-16-25;1-19-8-13-23(14-9-19)36(32,33)18-22-12-17-27(26-7-5-4-6-25(22)26)29(21(3)28(30)31)37(34,35)24-15-10-20(2)11-16-24/h6-19,23H,5,20H2,1-4H3;4-17,21H,18H2,1-3H3,(H,30,31). The van der Waals surface area contributed by atoms with Crippen LogP contribution < -0.4 is 8.61 Å². The van der Waals surface area contributed by atoms with E-state index in [9.17, 15) is 48.4 Å². The van der Waals surface area contributed by atoms with Crippen LogP contribution in [-0.4, -0.2) is 69.4 Å². The Hall–Kier alpha value is -7.38. The Morgan fingerprint density at radius 3 is 1.05 bits per heavy atom. The topological polar surface area (TPSA) is 207 Å². The molecule has 2 unspecified atom stereocenters. The summed E-state index contributed by atoms with van der Waals surface area (Å²) in [4.78, 5) is 25.3. The first-order valence-electron chi connectivity index (χ1n) is 24.1. The van der Waals surface area contributed by atoms with Crippen LogP contribution in [0.4, 0.5) is 11.4 Å². The molecule has 0 aliphatic heterocycles. The van der Waals surface area contributed by atoms with Crippen LogP contribution in [-0.2, 0) is 65.6 Å². The van der Waals surface area contributed by atoms with E-state index >= 15 is 0 Å². The lowest BCUT2D eigenvalue weighted by molar-refractivity contribution is -0.144. The minimum atomic E-state index is -4.27. The van der Waals surface area contributed by atoms with Gasteiger partial charge in [-0.15, -0.1) is 0 Å². The number of nitrogens with zero attached hydrogens (tertiary/aromatic N) is 2. The molecule has 0 aliphatic carbocycles. The average Bonchev–Trinajstić information content (AvgIpc) is 3.44. The maximum Gasteiger partial charge on any atom is 0.329 e. The number of sulfonamides is 2. The van der Waals surface area contributed by atoms with Crippen molar-refractivity contribution in [3.05, 3.63) is 203 Å². The maximum atomic E-state index is 14.0. The SMILES string of the molecule is CCOC(=O)C(C)N(c1ccc(CS(=O)(=O)c2ccc(C)cc2)c2ccccc12)S(=O)(=O)c1ccc(C)cc1.Cc1ccc(S(=O)(=O)Cc2ccc(N(C(C)C(=O)O)S(=O)(=O)c3ccc(C)cc3)c3ccccc23)cc1. The van der Waals surface area contributed by atoms with Crippen molar-refractivity contribution in [2.24, 2.45) is 0 Å². The van der Waals surface area contributed by atoms with E-state index in [1.54, 1.807) is 146 Å². The van der Waals surface area contributed by atoms with E-state index in [0.717, 1.165) is 30.9 Å². The van der Waals surface area contributed by atoms with Crippen molar-refractivity contribution >= 4 is 84.6 Å². The van der Waals surface area contributed by atoms with Gasteiger partial charge in [-0.25, -0.2) is 43.3 Å². The van der Waals surface area contributed by atoms with Crippen LogP contribution in [0.5, 0.6) is 0 Å². The smallest absolute Gasteiger partial charge is 0.329 e. The molecule has 76 heavy (non-hydrogen) atoms. The molecule has 0 saturated heterocycles. The molecule has 0 radical (unpaired) electrons. The third kappa shape index (κ3) is 12.2. The van der Waals surface area contributed by atoms with Gasteiger partial charge in [0, 0.05) is 10.8 Å². The summed E-state index contributed by atoms with van der Waals surface area (Å²) in [5.74, 6) is -2.57. The number of hydrogen-bond donors (Lipinski definition) is 1. The van der Waals surface area contributed by atoms with E-state index in [2.05, 4.69) is 0 Å². The van der Waals surface area contributed by atoms with Crippen LogP contribution in [0.25, 0.3) is 21.5 Å². The van der Waals surface area contributed by atoms with Gasteiger partial charge in [0.2, 0.25) is 0 Å². The number of carboxylic acids is 1. The molecule has 0 aromatic heterocycles. The van der Waals surface area contributed by atoms with Crippen LogP contribution >= 0.6 is 0 Å². The molecule has 0 saturated carbocycles. The Kier molecular flexibility index (Phi) is 16.9. The molecule has 14 nitrogen and oxygen atoms in total. The molecular formula is C58H58N2O12S4. The molecule has 0 bridgehead atoms. The summed E-state index contributed by atoms with van der Waals surface area (Å²) in [7, 11) is -15.8. The quantitative estimate of drug-likeness (QED) is 0.0845. The number of carbonyl (C=O) groups is 2. The summed E-state index contributed by atoms with van der Waals surface area (Å²) in [5, 5.41) is 11.8. The van der Waals surface area contributed by atoms with Crippen molar-refractivity contribution < 1.29 is 53.1 Å². The monoisotopic (exact) mass is 1100 g/mol. The average molecular weight is 1100 g/mol. The number of esters is 1. The fourth-order valence-electron chi connectivity index (χ4n) is 8.59. The Morgan fingerprint density at radius 2 is 0.737 bits per heavy atom. The lowest BCUT2D eigenvalue weighted by atomic mass is 10.0. The van der Waals surface area contributed by atoms with E-state index in [-0.39, 0.29) is 49.1 Å². The van der Waals surface area contributed by atoms with Gasteiger partial charge in [-0.2, -0.15) is 0 Å². The molecule has 2 atom stereocenters. The molecule has 8 rings (SSSR count). The van der Waals surface area contributed by atoms with Gasteiger partial charge in [-0.1, -0.05) is 131 Å². The highest BCUT2D eigenvalue weighted by Crippen LogP contribution is 2.38. The van der Waals surface area contributed by atoms with Gasteiger partial charge in [0.15, 0.2) is 19.7 Å². The number of benzene rings is 8. The number of carbonyl (C=O) groups excluding carboxylic acids is 1. The zero-order chi connectivity index (χ0) is 55.3. The third-order valence-electron chi connectivity index (χ3n) is 12.8. The summed E-state index contributed by atoms with van der Waals surface area (Å²) >= 11 is 0. The van der Waals surface area contributed by atoms with Crippen LogP contribution in [0.15, 0.2) is 189 Å². The fraction of sp³-hybridized carbons (Fsp3) is 0.207. The summed E-state index contributed by atoms with van der Waals surface area (Å²) in [6.45, 7) is 12.0. The normalized spacial score (nSPS) is 12.8. The lowest BCUT2D eigenvalue weighted by Gasteiger charge is -2.30. The van der Waals surface area contributed by atoms with Crippen molar-refractivity contribution in [2.45, 2.75) is 91.6 Å². The zero-order valence-electron chi connectivity index (χ0n) is 42.9. The van der Waals surface area contributed by atoms with Crippen LogP contribution in [0.1, 0.15) is 54.2 Å². The molecular weight excluding hydrogens is 1040 g/mol. The molecule has 396 valence electrons. The van der Waals surface area contributed by atoms with Crippen molar-refractivity contribution in [3.8, 4) is 0 Å². The summed E-state index contributed by atoms with van der Waals surface area (Å²) < 4.78 is 115. The van der Waals surface area contributed by atoms with Crippen molar-refractivity contribution in [1.29, 1.82) is 0 Å². The van der Waals surface area contributed by atoms with E-state index in [4.69, 9.17) is 4.74 Å². The first kappa shape index (κ1) is 56.3. The highest BCUT2D eigenvalue weighted by Gasteiger charge is 2.37. The Morgan fingerprint density at radius 1 is 0.434 bits per heavy atom. The summed E-state index contributed by atoms with van der Waals surface area (Å²) in [6.07, 6.45) is 0. The Labute approximate surface area is 445 Å². The van der Waals surface area contributed by atoms with E-state index in [0.29, 0.717) is 32.7 Å². The van der Waals surface area contributed by atoms with Crippen LogP contribution in [0, 0.1) is 27.7 Å². The largest absolute Gasteiger partial charge is 0.480 e. The molecule has 0 amide bonds. The van der Waals surface area contributed by atoms with E-state index < -0.39 is 63.7 Å². The van der Waals surface area contributed by atoms with Gasteiger partial charge >= 0.3 is 11.9 Å². The maximum absolute atomic E-state index is 14.0. The molecule has 0 fully saturated rings. The minimum Gasteiger partial charge on any atom is -0.480 e. The second kappa shape index (κ2) is 22.8. The number of ether oxygens (including phenoxy) is 1. The predicted octanol–water partition coefficient (Wildman–Crippen LogP) is 10.7. The number of aliphatic carboxylic acids is 1. The van der Waals surface area contributed by atoms with Gasteiger partial charge in [0.25, 0.3) is 20.0 Å². The second-order valence-electron chi connectivity index (χ2n) is 18.4. The number of sulfone groups is 2.